The second-order valence-electron chi connectivity index (χ2n) is 5.86. The van der Waals surface area contributed by atoms with Gasteiger partial charge in [-0.25, -0.2) is 0 Å². The van der Waals surface area contributed by atoms with E-state index in [9.17, 15) is 0 Å². The number of hydrogen-bond donors (Lipinski definition) is 1. The summed E-state index contributed by atoms with van der Waals surface area (Å²) in [6.07, 6.45) is 4.02. The van der Waals surface area contributed by atoms with Crippen LogP contribution in [-0.2, 0) is 0 Å². The van der Waals surface area contributed by atoms with E-state index in [0.717, 1.165) is 5.56 Å². The lowest BCUT2D eigenvalue weighted by Crippen LogP contribution is -2.43. The van der Waals surface area contributed by atoms with Crippen molar-refractivity contribution in [2.75, 3.05) is 0 Å². The summed E-state index contributed by atoms with van der Waals surface area (Å²) in [6.45, 7) is 14.1. The normalized spacial score (nSPS) is 12.1. The first-order chi connectivity index (χ1) is 8.32. The van der Waals surface area contributed by atoms with Crippen molar-refractivity contribution in [2.45, 2.75) is 58.2 Å². The minimum Gasteiger partial charge on any atom is -0.366 e. The van der Waals surface area contributed by atoms with Crippen LogP contribution in [0, 0.1) is 15.0 Å². The molecular formula is C15H24INSi. The monoisotopic (exact) mass is 373 g/mol. The summed E-state index contributed by atoms with van der Waals surface area (Å²) in [4.78, 5) is 3.13. The van der Waals surface area contributed by atoms with Gasteiger partial charge in [-0.15, -0.1) is 5.54 Å². The molecule has 0 aliphatic heterocycles. The lowest BCUT2D eigenvalue weighted by atomic mass is 10.4. The number of halogens is 1. The van der Waals surface area contributed by atoms with Gasteiger partial charge in [0, 0.05) is 16.0 Å². The van der Waals surface area contributed by atoms with Gasteiger partial charge in [0.2, 0.25) is 0 Å². The molecule has 0 aliphatic rings. The average Bonchev–Trinajstić information content (AvgIpc) is 2.63. The van der Waals surface area contributed by atoms with Gasteiger partial charge in [-0.05, 0) is 39.2 Å². The number of rotatable bonds is 3. The van der Waals surface area contributed by atoms with Crippen molar-refractivity contribution >= 4 is 30.7 Å². The Hall–Kier alpha value is -0.213. The van der Waals surface area contributed by atoms with Crippen LogP contribution in [0.4, 0.5) is 0 Å². The fourth-order valence-electron chi connectivity index (χ4n) is 3.05. The van der Waals surface area contributed by atoms with Crippen LogP contribution in [0.1, 0.15) is 47.1 Å². The Morgan fingerprint density at radius 1 is 1.00 bits per heavy atom. The zero-order chi connectivity index (χ0) is 13.9. The first kappa shape index (κ1) is 15.8. The molecule has 0 unspecified atom stereocenters. The highest BCUT2D eigenvalue weighted by Crippen LogP contribution is 2.40. The molecule has 3 heteroatoms. The molecule has 0 amide bonds. The molecule has 1 aromatic heterocycles. The highest BCUT2D eigenvalue weighted by Gasteiger charge is 2.41. The van der Waals surface area contributed by atoms with Gasteiger partial charge in [0.25, 0.3) is 0 Å². The topological polar surface area (TPSA) is 15.8 Å². The van der Waals surface area contributed by atoms with Gasteiger partial charge in [-0.2, -0.15) is 0 Å². The molecule has 1 N–H and O–H groups in total. The van der Waals surface area contributed by atoms with Crippen LogP contribution in [0.5, 0.6) is 0 Å². The maximum absolute atomic E-state index is 3.74. The van der Waals surface area contributed by atoms with Gasteiger partial charge >= 0.3 is 0 Å². The molecule has 0 aromatic carbocycles. The minimum absolute atomic E-state index is 0.696. The van der Waals surface area contributed by atoms with Gasteiger partial charge in [0.05, 0.1) is 5.56 Å². The van der Waals surface area contributed by atoms with E-state index in [1.807, 2.05) is 12.4 Å². The molecule has 18 heavy (non-hydrogen) atoms. The predicted octanol–water partition coefficient (Wildman–Crippen LogP) is 5.19. The Labute approximate surface area is 126 Å². The van der Waals surface area contributed by atoms with Gasteiger partial charge < -0.3 is 4.98 Å². The van der Waals surface area contributed by atoms with Crippen LogP contribution in [0.15, 0.2) is 12.4 Å². The number of aromatic amines is 1. The smallest absolute Gasteiger partial charge is 0.146 e. The Morgan fingerprint density at radius 3 is 1.83 bits per heavy atom. The molecular weight excluding hydrogens is 349 g/mol. The van der Waals surface area contributed by atoms with E-state index >= 15 is 0 Å². The highest BCUT2D eigenvalue weighted by molar-refractivity contribution is 14.1. The molecule has 0 spiro atoms. The van der Waals surface area contributed by atoms with Crippen LogP contribution >= 0.6 is 22.6 Å². The van der Waals surface area contributed by atoms with E-state index in [1.54, 1.807) is 0 Å². The van der Waals surface area contributed by atoms with Crippen molar-refractivity contribution in [1.29, 1.82) is 0 Å². The fourth-order valence-corrected chi connectivity index (χ4v) is 8.74. The van der Waals surface area contributed by atoms with Crippen molar-refractivity contribution in [3.8, 4) is 11.5 Å². The summed E-state index contributed by atoms with van der Waals surface area (Å²) in [6, 6.07) is 0. The first-order valence-electron chi connectivity index (χ1n) is 6.67. The summed E-state index contributed by atoms with van der Waals surface area (Å²) in [5.74, 6) is 3.45. The van der Waals surface area contributed by atoms with Crippen molar-refractivity contribution in [1.82, 2.24) is 4.98 Å². The van der Waals surface area contributed by atoms with E-state index in [-0.39, 0.29) is 0 Å². The third-order valence-electron chi connectivity index (χ3n) is 3.97. The summed E-state index contributed by atoms with van der Waals surface area (Å²) in [5, 5.41) is 0. The second kappa shape index (κ2) is 6.29. The average molecular weight is 373 g/mol. The summed E-state index contributed by atoms with van der Waals surface area (Å²) in [5.41, 5.74) is 6.97. The summed E-state index contributed by atoms with van der Waals surface area (Å²) in [7, 11) is -1.58. The molecule has 100 valence electrons. The third kappa shape index (κ3) is 3.02. The van der Waals surface area contributed by atoms with Crippen LogP contribution < -0.4 is 0 Å². The van der Waals surface area contributed by atoms with Crippen LogP contribution in [0.25, 0.3) is 0 Å². The maximum atomic E-state index is 3.74. The van der Waals surface area contributed by atoms with Crippen molar-refractivity contribution < 1.29 is 0 Å². The highest BCUT2D eigenvalue weighted by atomic mass is 127. The van der Waals surface area contributed by atoms with E-state index in [4.69, 9.17) is 0 Å². The number of nitrogens with one attached hydrogen (secondary N) is 1. The molecule has 0 saturated carbocycles. The van der Waals surface area contributed by atoms with Crippen LogP contribution in [0.3, 0.4) is 0 Å². The zero-order valence-electron chi connectivity index (χ0n) is 12.3. The molecule has 0 aliphatic carbocycles. The lowest BCUT2D eigenvalue weighted by Gasteiger charge is -2.38. The molecule has 0 fully saturated rings. The Kier molecular flexibility index (Phi) is 5.54. The zero-order valence-corrected chi connectivity index (χ0v) is 15.4. The van der Waals surface area contributed by atoms with E-state index in [2.05, 4.69) is 80.6 Å². The first-order valence-corrected chi connectivity index (χ1v) is 9.98. The van der Waals surface area contributed by atoms with Crippen molar-refractivity contribution in [3.05, 3.63) is 21.5 Å². The molecule has 1 aromatic rings. The SMILES string of the molecule is CC(C)[Si](C#Cc1c[nH]cc1I)(C(C)C)C(C)C. The van der Waals surface area contributed by atoms with Crippen LogP contribution in [-0.4, -0.2) is 13.1 Å². The molecule has 0 saturated heterocycles. The number of hydrogen-bond acceptors (Lipinski definition) is 0. The van der Waals surface area contributed by atoms with Crippen molar-refractivity contribution in [2.24, 2.45) is 0 Å². The molecule has 0 radical (unpaired) electrons. The van der Waals surface area contributed by atoms with Gasteiger partial charge in [-0.3, -0.25) is 0 Å². The largest absolute Gasteiger partial charge is 0.366 e. The van der Waals surface area contributed by atoms with Crippen LogP contribution in [0.2, 0.25) is 16.6 Å². The summed E-state index contributed by atoms with van der Waals surface area (Å²) < 4.78 is 1.22. The Morgan fingerprint density at radius 2 is 1.50 bits per heavy atom. The number of aromatic nitrogens is 1. The predicted molar refractivity (Wildman–Crippen MR) is 91.4 cm³/mol. The van der Waals surface area contributed by atoms with Crippen molar-refractivity contribution in [3.63, 3.8) is 0 Å². The van der Waals surface area contributed by atoms with E-state index in [0.29, 0.717) is 16.6 Å². The van der Waals surface area contributed by atoms with E-state index in [1.165, 1.54) is 3.57 Å². The third-order valence-corrected chi connectivity index (χ3v) is 11.2. The Bertz CT molecular complexity index is 427. The van der Waals surface area contributed by atoms with Gasteiger partial charge in [0.1, 0.15) is 8.07 Å². The maximum Gasteiger partial charge on any atom is 0.146 e. The lowest BCUT2D eigenvalue weighted by molar-refractivity contribution is 0.838. The summed E-state index contributed by atoms with van der Waals surface area (Å²) >= 11 is 2.34. The molecule has 1 rings (SSSR count). The molecule has 0 atom stereocenters. The minimum atomic E-state index is -1.58. The van der Waals surface area contributed by atoms with E-state index < -0.39 is 8.07 Å². The quantitative estimate of drug-likeness (QED) is 0.426. The molecule has 1 heterocycles. The van der Waals surface area contributed by atoms with Gasteiger partial charge in [-0.1, -0.05) is 47.5 Å². The fraction of sp³-hybridized carbons (Fsp3) is 0.600. The molecule has 0 bridgehead atoms. The molecule has 1 nitrogen and oxygen atoms in total. The number of H-pyrrole nitrogens is 1. The second-order valence-corrected chi connectivity index (χ2v) is 12.6. The van der Waals surface area contributed by atoms with Gasteiger partial charge in [0.15, 0.2) is 0 Å². The Balaban J connectivity index is 3.22. The standard InChI is InChI=1S/C15H24INSi/c1-11(2)18(12(3)4,13(5)6)8-7-14-9-17-10-15(14)16/h9-13,17H,1-6H3.